The van der Waals surface area contributed by atoms with Gasteiger partial charge in [0.1, 0.15) is 0 Å². The van der Waals surface area contributed by atoms with Crippen LogP contribution in [0.5, 0.6) is 0 Å². The van der Waals surface area contributed by atoms with Gasteiger partial charge in [0.2, 0.25) is 0 Å². The highest BCUT2D eigenvalue weighted by Gasteiger charge is 2.17. The van der Waals surface area contributed by atoms with Crippen LogP contribution in [0.1, 0.15) is 6.92 Å². The summed E-state index contributed by atoms with van der Waals surface area (Å²) in [6, 6.07) is 0.0532. The molecule has 0 aromatic heterocycles. The van der Waals surface area contributed by atoms with Gasteiger partial charge in [0.25, 0.3) is 0 Å². The second-order valence-electron chi connectivity index (χ2n) is 2.85. The van der Waals surface area contributed by atoms with E-state index in [4.69, 9.17) is 0 Å². The molecule has 0 spiro atoms. The molecule has 0 aliphatic carbocycles. The Balaban J connectivity index is 3.74. The number of amides is 2. The first-order chi connectivity index (χ1) is 3.98. The van der Waals surface area contributed by atoms with Gasteiger partial charge in [0.05, 0.1) is 21.1 Å². The van der Waals surface area contributed by atoms with Crippen molar-refractivity contribution >= 4 is 6.03 Å². The third-order valence-corrected chi connectivity index (χ3v) is 0.937. The molecule has 0 radical (unpaired) electrons. The van der Waals surface area contributed by atoms with Crippen molar-refractivity contribution < 1.29 is 9.28 Å². The summed E-state index contributed by atoms with van der Waals surface area (Å²) in [6.07, 6.45) is 0. The van der Waals surface area contributed by atoms with Gasteiger partial charge in [-0.15, -0.1) is 0 Å². The van der Waals surface area contributed by atoms with Gasteiger partial charge in [-0.05, 0) is 6.92 Å². The zero-order chi connectivity index (χ0) is 7.49. The highest BCUT2D eigenvalue weighted by atomic mass is 16.2. The molecule has 0 aromatic rings. The molecule has 0 heterocycles. The maximum atomic E-state index is 10.9. The molecule has 0 fully saturated rings. The Morgan fingerprint density at radius 2 is 1.89 bits per heavy atom. The quantitative estimate of drug-likeness (QED) is 0.513. The maximum absolute atomic E-state index is 10.9. The largest absolute Gasteiger partial charge is 0.415 e. The second kappa shape index (κ2) is 2.82. The van der Waals surface area contributed by atoms with Gasteiger partial charge in [0.15, 0.2) is 0 Å². The Morgan fingerprint density at radius 3 is 2.00 bits per heavy atom. The predicted molar refractivity (Wildman–Crippen MR) is 37.1 cm³/mol. The van der Waals surface area contributed by atoms with Crippen molar-refractivity contribution in [2.75, 3.05) is 27.7 Å². The number of hydrogen-bond donors (Lipinski definition) is 1. The minimum Gasteiger partial charge on any atom is -0.306 e. The van der Waals surface area contributed by atoms with Crippen molar-refractivity contribution in [3.63, 3.8) is 0 Å². The summed E-state index contributed by atoms with van der Waals surface area (Å²) in [7, 11) is 5.51. The summed E-state index contributed by atoms with van der Waals surface area (Å²) in [6.45, 7) is 2.61. The molecule has 3 nitrogen and oxygen atoms in total. The van der Waals surface area contributed by atoms with Crippen LogP contribution in [0.3, 0.4) is 0 Å². The minimum atomic E-state index is 0.0532. The first-order valence-corrected chi connectivity index (χ1v) is 3.08. The molecule has 0 rings (SSSR count). The lowest BCUT2D eigenvalue weighted by atomic mass is 10.6. The third kappa shape index (κ3) is 3.08. The molecule has 0 aliphatic rings. The molecule has 0 saturated carbocycles. The average Bonchev–Trinajstić information content (AvgIpc) is 1.64. The van der Waals surface area contributed by atoms with Crippen molar-refractivity contribution in [1.29, 1.82) is 0 Å². The van der Waals surface area contributed by atoms with Crippen molar-refractivity contribution in [3.05, 3.63) is 0 Å². The van der Waals surface area contributed by atoms with Crippen LogP contribution in [-0.4, -0.2) is 38.2 Å². The van der Waals surface area contributed by atoms with Crippen LogP contribution in [0.4, 0.5) is 4.79 Å². The zero-order valence-corrected chi connectivity index (χ0v) is 6.56. The SMILES string of the molecule is CCNC(=O)[N+](C)(C)C. The van der Waals surface area contributed by atoms with E-state index >= 15 is 0 Å². The average molecular weight is 131 g/mol. The molecule has 2 amide bonds. The van der Waals surface area contributed by atoms with Crippen LogP contribution in [0.2, 0.25) is 0 Å². The summed E-state index contributed by atoms with van der Waals surface area (Å²) < 4.78 is 0.341. The first kappa shape index (κ1) is 8.43. The molecule has 0 saturated heterocycles. The van der Waals surface area contributed by atoms with Crippen LogP contribution in [0, 0.1) is 0 Å². The highest BCUT2D eigenvalue weighted by Crippen LogP contribution is 1.88. The van der Waals surface area contributed by atoms with Gasteiger partial charge in [-0.25, -0.2) is 9.28 Å². The van der Waals surface area contributed by atoms with Crippen molar-refractivity contribution in [2.45, 2.75) is 6.92 Å². The third-order valence-electron chi connectivity index (χ3n) is 0.937. The van der Waals surface area contributed by atoms with E-state index in [0.717, 1.165) is 0 Å². The molecule has 9 heavy (non-hydrogen) atoms. The number of urea groups is 1. The monoisotopic (exact) mass is 131 g/mol. The Bertz CT molecular complexity index is 104. The smallest absolute Gasteiger partial charge is 0.306 e. The Labute approximate surface area is 56.2 Å². The van der Waals surface area contributed by atoms with E-state index in [-0.39, 0.29) is 6.03 Å². The number of rotatable bonds is 1. The van der Waals surface area contributed by atoms with Crippen LogP contribution < -0.4 is 5.32 Å². The molecule has 3 heteroatoms. The molecule has 0 aliphatic heterocycles. The van der Waals surface area contributed by atoms with Gasteiger partial charge < -0.3 is 5.32 Å². The number of nitrogens with one attached hydrogen (secondary N) is 1. The summed E-state index contributed by atoms with van der Waals surface area (Å²) in [5.74, 6) is 0. The first-order valence-electron chi connectivity index (χ1n) is 3.08. The van der Waals surface area contributed by atoms with Gasteiger partial charge in [-0.2, -0.15) is 0 Å². The summed E-state index contributed by atoms with van der Waals surface area (Å²) >= 11 is 0. The van der Waals surface area contributed by atoms with Gasteiger partial charge >= 0.3 is 6.03 Å². The van der Waals surface area contributed by atoms with Gasteiger partial charge in [-0.1, -0.05) is 0 Å². The fourth-order valence-electron chi connectivity index (χ4n) is 0.388. The lowest BCUT2D eigenvalue weighted by Gasteiger charge is -2.19. The summed E-state index contributed by atoms with van der Waals surface area (Å²) in [5.41, 5.74) is 0. The topological polar surface area (TPSA) is 29.1 Å². The molecule has 54 valence electrons. The predicted octanol–water partition coefficient (Wildman–Crippen LogP) is 0.422. The van der Waals surface area contributed by atoms with Gasteiger partial charge in [0, 0.05) is 6.54 Å². The van der Waals surface area contributed by atoms with E-state index < -0.39 is 0 Å². The lowest BCUT2D eigenvalue weighted by molar-refractivity contribution is -0.787. The zero-order valence-electron chi connectivity index (χ0n) is 6.56. The van der Waals surface area contributed by atoms with E-state index in [0.29, 0.717) is 11.0 Å². The van der Waals surface area contributed by atoms with E-state index in [1.807, 2.05) is 28.1 Å². The maximum Gasteiger partial charge on any atom is 0.415 e. The fourth-order valence-corrected chi connectivity index (χ4v) is 0.388. The summed E-state index contributed by atoms with van der Waals surface area (Å²) in [5, 5.41) is 2.72. The Morgan fingerprint density at radius 1 is 1.44 bits per heavy atom. The molecule has 0 atom stereocenters. The normalized spacial score (nSPS) is 11.1. The minimum absolute atomic E-state index is 0.0532. The number of hydrogen-bond acceptors (Lipinski definition) is 1. The Kier molecular flexibility index (Phi) is 2.65. The van der Waals surface area contributed by atoms with E-state index in [1.165, 1.54) is 0 Å². The van der Waals surface area contributed by atoms with Crippen LogP contribution >= 0.6 is 0 Å². The highest BCUT2D eigenvalue weighted by molar-refractivity contribution is 5.66. The van der Waals surface area contributed by atoms with E-state index in [2.05, 4.69) is 5.32 Å². The molecule has 1 N–H and O–H groups in total. The Hall–Kier alpha value is -0.570. The van der Waals surface area contributed by atoms with Crippen molar-refractivity contribution in [3.8, 4) is 0 Å². The number of carbonyl (C=O) groups is 1. The molecule has 0 unspecified atom stereocenters. The lowest BCUT2D eigenvalue weighted by Crippen LogP contribution is -2.48. The van der Waals surface area contributed by atoms with Crippen LogP contribution in [-0.2, 0) is 0 Å². The number of nitrogens with zero attached hydrogens (tertiary/aromatic N) is 1. The number of quaternary nitrogens is 1. The number of carbonyl (C=O) groups excluding carboxylic acids is 1. The molecular weight excluding hydrogens is 116 g/mol. The summed E-state index contributed by atoms with van der Waals surface area (Å²) in [4.78, 5) is 10.9. The van der Waals surface area contributed by atoms with Crippen molar-refractivity contribution in [1.82, 2.24) is 5.32 Å². The van der Waals surface area contributed by atoms with Gasteiger partial charge in [-0.3, -0.25) is 0 Å². The molecule has 0 aromatic carbocycles. The fraction of sp³-hybridized carbons (Fsp3) is 0.833. The molecule has 0 bridgehead atoms. The van der Waals surface area contributed by atoms with E-state index in [9.17, 15) is 4.79 Å². The van der Waals surface area contributed by atoms with E-state index in [1.54, 1.807) is 0 Å². The van der Waals surface area contributed by atoms with Crippen LogP contribution in [0.15, 0.2) is 0 Å². The second-order valence-corrected chi connectivity index (χ2v) is 2.85. The van der Waals surface area contributed by atoms with Crippen LogP contribution in [0.25, 0.3) is 0 Å². The van der Waals surface area contributed by atoms with Crippen molar-refractivity contribution in [2.24, 2.45) is 0 Å². The standard InChI is InChI=1S/C6H14N2O/c1-5-7-6(9)8(2,3)4/h5H2,1-4H3/p+1. The molecular formula is C6H15N2O+.